The molecule has 43 heavy (non-hydrogen) atoms. The average molecular weight is 594 g/mol. The van der Waals surface area contributed by atoms with Crippen LogP contribution in [-0.4, -0.2) is 14.7 Å². The molecule has 1 N–H and O–H groups in total. The highest BCUT2D eigenvalue weighted by Crippen LogP contribution is 2.31. The van der Waals surface area contributed by atoms with Crippen LogP contribution in [0.15, 0.2) is 114 Å². The number of benzene rings is 4. The molecule has 0 saturated heterocycles. The highest BCUT2D eigenvalue weighted by molar-refractivity contribution is 7.92. The van der Waals surface area contributed by atoms with Crippen LogP contribution < -0.4 is 19.1 Å². The molecule has 0 radical (unpaired) electrons. The molecule has 1 heterocycles. The molecule has 1 aromatic heterocycles. The summed E-state index contributed by atoms with van der Waals surface area (Å²) >= 11 is 0. The van der Waals surface area contributed by atoms with Crippen LogP contribution in [0.1, 0.15) is 27.8 Å². The van der Waals surface area contributed by atoms with Gasteiger partial charge in [0.1, 0.15) is 23.9 Å². The summed E-state index contributed by atoms with van der Waals surface area (Å²) in [5.74, 6) is 2.03. The normalized spacial score (nSPS) is 11.0. The molecule has 5 aromatic rings. The molecular weight excluding hydrogens is 562 g/mol. The van der Waals surface area contributed by atoms with E-state index in [0.29, 0.717) is 48.2 Å². The Bertz CT molecular complexity index is 1810. The van der Waals surface area contributed by atoms with Crippen molar-refractivity contribution in [2.45, 2.75) is 26.6 Å². The smallest absolute Gasteiger partial charge is 0.229 e. The average Bonchev–Trinajstić information content (AvgIpc) is 3.52. The predicted molar refractivity (Wildman–Crippen MR) is 167 cm³/mol. The molecule has 0 aliphatic rings. The van der Waals surface area contributed by atoms with Crippen molar-refractivity contribution >= 4 is 21.4 Å². The summed E-state index contributed by atoms with van der Waals surface area (Å²) in [7, 11) is -3.44. The van der Waals surface area contributed by atoms with Crippen molar-refractivity contribution < 1.29 is 22.3 Å². The fraction of sp³-hybridized carbons (Fsp3) is 0.147. The summed E-state index contributed by atoms with van der Waals surface area (Å²) in [6, 6.07) is 32.4. The molecule has 8 nitrogen and oxygen atoms in total. The van der Waals surface area contributed by atoms with Gasteiger partial charge in [0.15, 0.2) is 0 Å². The van der Waals surface area contributed by atoms with Crippen molar-refractivity contribution in [3.05, 3.63) is 137 Å². The molecule has 0 aliphatic heterocycles. The first-order chi connectivity index (χ1) is 20.8. The van der Waals surface area contributed by atoms with Crippen molar-refractivity contribution in [3.63, 3.8) is 0 Å². The number of nitriles is 1. The van der Waals surface area contributed by atoms with E-state index in [9.17, 15) is 13.7 Å². The van der Waals surface area contributed by atoms with Crippen LogP contribution in [0.4, 0.5) is 11.4 Å². The predicted octanol–water partition coefficient (Wildman–Crippen LogP) is 7.41. The fourth-order valence-corrected chi connectivity index (χ4v) is 5.22. The lowest BCUT2D eigenvalue weighted by atomic mass is 10.1. The Hall–Kier alpha value is -5.20. The minimum atomic E-state index is -3.44. The van der Waals surface area contributed by atoms with Gasteiger partial charge in [-0.25, -0.2) is 8.42 Å². The highest BCUT2D eigenvalue weighted by Gasteiger charge is 2.15. The molecule has 0 atom stereocenters. The molecule has 9 heteroatoms. The van der Waals surface area contributed by atoms with Crippen molar-refractivity contribution in [1.82, 2.24) is 0 Å². The molecule has 0 saturated carbocycles. The summed E-state index contributed by atoms with van der Waals surface area (Å²) < 4.78 is 43.6. The van der Waals surface area contributed by atoms with Crippen LogP contribution in [-0.2, 0) is 29.7 Å². The Morgan fingerprint density at radius 2 is 1.51 bits per heavy atom. The molecule has 0 fully saturated rings. The maximum absolute atomic E-state index is 12.0. The third-order valence-corrected chi connectivity index (χ3v) is 7.31. The number of nitrogens with zero attached hydrogens (tertiary/aromatic N) is 2. The number of anilines is 2. The van der Waals surface area contributed by atoms with Crippen LogP contribution in [0.3, 0.4) is 0 Å². The van der Waals surface area contributed by atoms with Crippen LogP contribution in [0.25, 0.3) is 0 Å². The van der Waals surface area contributed by atoms with Gasteiger partial charge in [0.05, 0.1) is 36.1 Å². The summed E-state index contributed by atoms with van der Waals surface area (Å²) in [5, 5.41) is 9.20. The van der Waals surface area contributed by atoms with Gasteiger partial charge in [0.25, 0.3) is 0 Å². The molecule has 0 spiro atoms. The molecule has 0 bridgehead atoms. The van der Waals surface area contributed by atoms with Gasteiger partial charge < -0.3 is 18.8 Å². The number of nitrogens with one attached hydrogen (secondary N) is 1. The second-order valence-corrected chi connectivity index (χ2v) is 11.9. The Kier molecular flexibility index (Phi) is 8.99. The summed E-state index contributed by atoms with van der Waals surface area (Å²) in [6.07, 6.45) is 4.41. The number of sulfonamides is 1. The van der Waals surface area contributed by atoms with Crippen LogP contribution in [0, 0.1) is 18.3 Å². The zero-order valence-electron chi connectivity index (χ0n) is 23.9. The molecule has 5 rings (SSSR count). The zero-order chi connectivity index (χ0) is 30.2. The quantitative estimate of drug-likeness (QED) is 0.161. The van der Waals surface area contributed by atoms with E-state index in [1.165, 1.54) is 0 Å². The lowest BCUT2D eigenvalue weighted by Crippen LogP contribution is -2.23. The van der Waals surface area contributed by atoms with Gasteiger partial charge in [0, 0.05) is 30.4 Å². The third-order valence-electron chi connectivity index (χ3n) is 6.72. The van der Waals surface area contributed by atoms with E-state index in [4.69, 9.17) is 13.9 Å². The number of hydrogen-bond donors (Lipinski definition) is 1. The highest BCUT2D eigenvalue weighted by atomic mass is 32.2. The Morgan fingerprint density at radius 3 is 2.16 bits per heavy atom. The zero-order valence-corrected chi connectivity index (χ0v) is 24.7. The van der Waals surface area contributed by atoms with E-state index in [1.54, 1.807) is 30.7 Å². The summed E-state index contributed by atoms with van der Waals surface area (Å²) in [6.45, 7) is 3.42. The molecule has 0 aliphatic carbocycles. The standard InChI is InChI=1S/C34H31N3O5S/c1-25-33(36-43(2,38)39)7-4-8-34(25)37(21-27-11-9-26(20-35)10-12-27)22-28-13-15-30(16-14-28)42-32-6-3-5-31(19-32)41-24-29-17-18-40-23-29/h3-19,23,36H,21-22,24H2,1-2H3. The lowest BCUT2D eigenvalue weighted by molar-refractivity contribution is 0.303. The second kappa shape index (κ2) is 13.2. The van der Waals surface area contributed by atoms with Gasteiger partial charge in [-0.2, -0.15) is 5.26 Å². The van der Waals surface area contributed by atoms with E-state index in [0.717, 1.165) is 34.2 Å². The van der Waals surface area contributed by atoms with Gasteiger partial charge in [0.2, 0.25) is 10.0 Å². The van der Waals surface area contributed by atoms with Crippen LogP contribution in [0.5, 0.6) is 17.2 Å². The fourth-order valence-electron chi connectivity index (χ4n) is 4.60. The van der Waals surface area contributed by atoms with Gasteiger partial charge in [-0.05, 0) is 78.2 Å². The molecule has 0 unspecified atom stereocenters. The first-order valence-electron chi connectivity index (χ1n) is 13.6. The molecular formula is C34H31N3O5S. The molecule has 218 valence electrons. The Balaban J connectivity index is 1.33. The summed E-state index contributed by atoms with van der Waals surface area (Å²) in [4.78, 5) is 2.18. The topological polar surface area (TPSA) is 105 Å². The van der Waals surface area contributed by atoms with E-state index in [2.05, 4.69) is 15.7 Å². The van der Waals surface area contributed by atoms with E-state index < -0.39 is 10.0 Å². The maximum Gasteiger partial charge on any atom is 0.229 e. The van der Waals surface area contributed by atoms with Gasteiger partial charge in [-0.3, -0.25) is 4.72 Å². The van der Waals surface area contributed by atoms with E-state index in [1.807, 2.05) is 85.8 Å². The van der Waals surface area contributed by atoms with E-state index >= 15 is 0 Å². The Labute approximate surface area is 251 Å². The first kappa shape index (κ1) is 29.3. The molecule has 0 amide bonds. The number of rotatable bonds is 12. The maximum atomic E-state index is 12.0. The summed E-state index contributed by atoms with van der Waals surface area (Å²) in [5.41, 5.74) is 5.85. The van der Waals surface area contributed by atoms with Gasteiger partial charge in [-0.15, -0.1) is 0 Å². The van der Waals surface area contributed by atoms with Crippen molar-refractivity contribution in [2.75, 3.05) is 15.9 Å². The number of furan rings is 1. The van der Waals surface area contributed by atoms with Gasteiger partial charge in [-0.1, -0.05) is 36.4 Å². The minimum absolute atomic E-state index is 0.403. The largest absolute Gasteiger partial charge is 0.489 e. The van der Waals surface area contributed by atoms with Crippen LogP contribution in [0.2, 0.25) is 0 Å². The van der Waals surface area contributed by atoms with Crippen LogP contribution >= 0.6 is 0 Å². The number of hydrogen-bond acceptors (Lipinski definition) is 7. The number of ether oxygens (including phenoxy) is 2. The van der Waals surface area contributed by atoms with E-state index in [-0.39, 0.29) is 0 Å². The Morgan fingerprint density at radius 1 is 0.837 bits per heavy atom. The second-order valence-electron chi connectivity index (χ2n) is 10.1. The SMILES string of the molecule is Cc1c(NS(C)(=O)=O)cccc1N(Cc1ccc(C#N)cc1)Cc1ccc(Oc2cccc(OCc3ccoc3)c2)cc1. The minimum Gasteiger partial charge on any atom is -0.489 e. The first-order valence-corrected chi connectivity index (χ1v) is 15.5. The monoisotopic (exact) mass is 593 g/mol. The third kappa shape index (κ3) is 8.18. The van der Waals surface area contributed by atoms with Gasteiger partial charge >= 0.3 is 0 Å². The molecule has 4 aromatic carbocycles. The van der Waals surface area contributed by atoms with Crippen molar-refractivity contribution in [1.29, 1.82) is 5.26 Å². The van der Waals surface area contributed by atoms with Crippen molar-refractivity contribution in [2.24, 2.45) is 0 Å². The van der Waals surface area contributed by atoms with Crippen molar-refractivity contribution in [3.8, 4) is 23.3 Å². The lowest BCUT2D eigenvalue weighted by Gasteiger charge is -2.28.